The highest BCUT2D eigenvalue weighted by Crippen LogP contribution is 2.35. The van der Waals surface area contributed by atoms with Crippen molar-refractivity contribution in [2.45, 2.75) is 6.92 Å². The molecule has 2 aliphatic rings. The van der Waals surface area contributed by atoms with Crippen LogP contribution in [0.5, 0.6) is 0 Å². The van der Waals surface area contributed by atoms with Crippen LogP contribution < -0.4 is 9.80 Å². The van der Waals surface area contributed by atoms with Gasteiger partial charge >= 0.3 is 0 Å². The van der Waals surface area contributed by atoms with Crippen molar-refractivity contribution in [3.05, 3.63) is 56.6 Å². The summed E-state index contributed by atoms with van der Waals surface area (Å²) in [5.74, 6) is -0.326. The summed E-state index contributed by atoms with van der Waals surface area (Å²) in [4.78, 5) is 36.0. The number of fused-ring (bicyclic) bond motifs is 1. The van der Waals surface area contributed by atoms with Gasteiger partial charge in [0.2, 0.25) is 0 Å². The molecule has 3 heterocycles. The number of nitro groups is 1. The number of hydrogen-bond donors (Lipinski definition) is 0. The molecule has 13 heteroatoms. The maximum Gasteiger partial charge on any atom is 0.293 e. The van der Waals surface area contributed by atoms with Gasteiger partial charge in [-0.2, -0.15) is 0 Å². The largest absolute Gasteiger partial charge is 0.379 e. The molecular formula is C25H29Cl2N5O5S. The number of thiazole rings is 1. The Balaban J connectivity index is 0.00000336. The number of rotatable bonds is 7. The molecule has 0 spiro atoms. The summed E-state index contributed by atoms with van der Waals surface area (Å²) < 4.78 is 11.7. The first kappa shape index (κ1) is 28.5. The van der Waals surface area contributed by atoms with E-state index in [1.807, 2.05) is 24.0 Å². The van der Waals surface area contributed by atoms with Gasteiger partial charge in [-0.1, -0.05) is 22.9 Å². The number of aromatic nitrogens is 1. The van der Waals surface area contributed by atoms with Gasteiger partial charge in [0.05, 0.1) is 41.6 Å². The van der Waals surface area contributed by atoms with E-state index in [1.54, 1.807) is 17.0 Å². The molecule has 0 unspecified atom stereocenters. The number of carbonyl (C=O) groups excluding carboxylic acids is 1. The molecule has 0 bridgehead atoms. The van der Waals surface area contributed by atoms with Gasteiger partial charge in [-0.25, -0.2) is 4.98 Å². The average molecular weight is 583 g/mol. The number of ether oxygens (including phenoxy) is 2. The van der Waals surface area contributed by atoms with Gasteiger partial charge < -0.3 is 14.4 Å². The van der Waals surface area contributed by atoms with E-state index in [2.05, 4.69) is 4.90 Å². The van der Waals surface area contributed by atoms with Crippen LogP contribution in [0.1, 0.15) is 15.9 Å². The number of nitro benzene ring substituents is 1. The third-order valence-electron chi connectivity index (χ3n) is 6.63. The summed E-state index contributed by atoms with van der Waals surface area (Å²) in [5, 5.41) is 13.1. The summed E-state index contributed by atoms with van der Waals surface area (Å²) in [6.45, 7) is 7.99. The van der Waals surface area contributed by atoms with E-state index in [9.17, 15) is 14.9 Å². The standard InChI is InChI=1S/C25H28ClN5O5S.ClH/c1-17-14-19(26)16-22-23(17)27-25(37-22)30(5-4-28-6-10-35-11-7-28)24(32)18-2-3-20(21(15-18)31(33)34)29-8-12-36-13-9-29;/h2-3,14-16H,4-13H2,1H3;1H. The second-order valence-electron chi connectivity index (χ2n) is 9.04. The smallest absolute Gasteiger partial charge is 0.293 e. The van der Waals surface area contributed by atoms with E-state index in [1.165, 1.54) is 17.4 Å². The first-order valence-electron chi connectivity index (χ1n) is 12.2. The number of anilines is 2. The van der Waals surface area contributed by atoms with Crippen molar-refractivity contribution in [3.63, 3.8) is 0 Å². The van der Waals surface area contributed by atoms with Crippen LogP contribution in [0.25, 0.3) is 10.2 Å². The van der Waals surface area contributed by atoms with Crippen molar-refractivity contribution in [1.29, 1.82) is 0 Å². The molecule has 2 aliphatic heterocycles. The van der Waals surface area contributed by atoms with E-state index in [0.717, 1.165) is 28.9 Å². The Morgan fingerprint density at radius 1 is 1.13 bits per heavy atom. The van der Waals surface area contributed by atoms with Gasteiger partial charge in [-0.15, -0.1) is 12.4 Å². The van der Waals surface area contributed by atoms with Crippen molar-refractivity contribution < 1.29 is 19.2 Å². The van der Waals surface area contributed by atoms with E-state index in [0.29, 0.717) is 68.4 Å². The zero-order valence-corrected chi connectivity index (χ0v) is 23.3. The fraction of sp³-hybridized carbons (Fsp3) is 0.440. The summed E-state index contributed by atoms with van der Waals surface area (Å²) in [6, 6.07) is 8.40. The first-order valence-corrected chi connectivity index (χ1v) is 13.4. The molecule has 38 heavy (non-hydrogen) atoms. The molecule has 0 saturated carbocycles. The predicted octanol–water partition coefficient (Wildman–Crippen LogP) is 4.40. The van der Waals surface area contributed by atoms with Gasteiger partial charge in [-0.05, 0) is 36.8 Å². The van der Waals surface area contributed by atoms with Crippen LogP contribution in [0.3, 0.4) is 0 Å². The zero-order valence-electron chi connectivity index (χ0n) is 20.9. The maximum atomic E-state index is 13.9. The molecule has 1 aromatic heterocycles. The Morgan fingerprint density at radius 2 is 1.82 bits per heavy atom. The molecule has 2 fully saturated rings. The monoisotopic (exact) mass is 581 g/mol. The number of nitrogens with zero attached hydrogens (tertiary/aromatic N) is 5. The Hall–Kier alpha value is -2.54. The van der Waals surface area contributed by atoms with Crippen molar-refractivity contribution in [2.24, 2.45) is 0 Å². The van der Waals surface area contributed by atoms with Gasteiger partial charge in [0.1, 0.15) is 5.69 Å². The highest BCUT2D eigenvalue weighted by molar-refractivity contribution is 7.22. The molecule has 1 amide bonds. The van der Waals surface area contributed by atoms with E-state index < -0.39 is 4.92 Å². The molecule has 0 atom stereocenters. The molecule has 10 nitrogen and oxygen atoms in total. The molecule has 3 aromatic rings. The Labute approximate surface area is 235 Å². The Kier molecular flexibility index (Phi) is 9.40. The number of amides is 1. The minimum absolute atomic E-state index is 0. The number of morpholine rings is 2. The van der Waals surface area contributed by atoms with Gasteiger partial charge in [0.25, 0.3) is 11.6 Å². The number of aryl methyl sites for hydroxylation is 1. The number of hydrogen-bond acceptors (Lipinski definition) is 9. The third kappa shape index (κ3) is 6.19. The van der Waals surface area contributed by atoms with Crippen LogP contribution in [-0.4, -0.2) is 86.4 Å². The second kappa shape index (κ2) is 12.5. The fourth-order valence-electron chi connectivity index (χ4n) is 4.64. The average Bonchev–Trinajstić information content (AvgIpc) is 3.33. The number of carbonyl (C=O) groups is 1. The van der Waals surface area contributed by atoms with Crippen LogP contribution in [0.4, 0.5) is 16.5 Å². The molecule has 0 radical (unpaired) electrons. The molecule has 204 valence electrons. The third-order valence-corrected chi connectivity index (χ3v) is 7.87. The van der Waals surface area contributed by atoms with Crippen molar-refractivity contribution in [3.8, 4) is 0 Å². The summed E-state index contributed by atoms with van der Waals surface area (Å²) in [7, 11) is 0. The molecule has 2 aromatic carbocycles. The van der Waals surface area contributed by atoms with Gasteiger partial charge in [-0.3, -0.25) is 24.7 Å². The van der Waals surface area contributed by atoms with Crippen LogP contribution in [0, 0.1) is 17.0 Å². The van der Waals surface area contributed by atoms with E-state index >= 15 is 0 Å². The summed E-state index contributed by atoms with van der Waals surface area (Å²) >= 11 is 7.65. The first-order chi connectivity index (χ1) is 17.9. The lowest BCUT2D eigenvalue weighted by Crippen LogP contribution is -2.43. The van der Waals surface area contributed by atoms with Crippen LogP contribution in [-0.2, 0) is 9.47 Å². The number of halogens is 2. The predicted molar refractivity (Wildman–Crippen MR) is 152 cm³/mol. The fourth-order valence-corrected chi connectivity index (χ4v) is 6.08. The summed E-state index contributed by atoms with van der Waals surface area (Å²) in [6.07, 6.45) is 0. The van der Waals surface area contributed by atoms with Crippen LogP contribution in [0.15, 0.2) is 30.3 Å². The highest BCUT2D eigenvalue weighted by atomic mass is 35.5. The SMILES string of the molecule is Cc1cc(Cl)cc2sc(N(CCN3CCOCC3)C(=O)c3ccc(N4CCOCC4)c([N+](=O)[O-])c3)nc12.Cl. The Morgan fingerprint density at radius 3 is 2.50 bits per heavy atom. The zero-order chi connectivity index (χ0) is 25.9. The maximum absolute atomic E-state index is 13.9. The summed E-state index contributed by atoms with van der Waals surface area (Å²) in [5.41, 5.74) is 2.38. The van der Waals surface area contributed by atoms with E-state index in [-0.39, 0.29) is 29.6 Å². The minimum Gasteiger partial charge on any atom is -0.379 e. The van der Waals surface area contributed by atoms with Crippen LogP contribution >= 0.6 is 35.3 Å². The molecular weight excluding hydrogens is 553 g/mol. The van der Waals surface area contributed by atoms with Crippen molar-refractivity contribution in [2.75, 3.05) is 75.5 Å². The van der Waals surface area contributed by atoms with Gasteiger partial charge in [0.15, 0.2) is 5.13 Å². The minimum atomic E-state index is -0.428. The molecule has 2 saturated heterocycles. The van der Waals surface area contributed by atoms with Crippen molar-refractivity contribution in [1.82, 2.24) is 9.88 Å². The quantitative estimate of drug-likeness (QED) is 0.299. The second-order valence-corrected chi connectivity index (χ2v) is 10.5. The normalized spacial score (nSPS) is 16.3. The Bertz CT molecular complexity index is 1310. The molecule has 0 aliphatic carbocycles. The lowest BCUT2D eigenvalue weighted by atomic mass is 10.1. The van der Waals surface area contributed by atoms with E-state index in [4.69, 9.17) is 26.1 Å². The number of benzene rings is 2. The topological polar surface area (TPSA) is 101 Å². The lowest BCUT2D eigenvalue weighted by Gasteiger charge is -2.30. The van der Waals surface area contributed by atoms with Gasteiger partial charge in [0, 0.05) is 55.9 Å². The van der Waals surface area contributed by atoms with Crippen LogP contribution in [0.2, 0.25) is 5.02 Å². The highest BCUT2D eigenvalue weighted by Gasteiger charge is 2.28. The van der Waals surface area contributed by atoms with Crippen molar-refractivity contribution >= 4 is 68.0 Å². The molecule has 5 rings (SSSR count). The molecule has 0 N–H and O–H groups in total. The lowest BCUT2D eigenvalue weighted by molar-refractivity contribution is -0.384.